The van der Waals surface area contributed by atoms with Gasteiger partial charge in [0.25, 0.3) is 0 Å². The minimum Gasteiger partial charge on any atom is -0.496 e. The minimum atomic E-state index is -0.129. The van der Waals surface area contributed by atoms with E-state index in [0.29, 0.717) is 13.1 Å². The van der Waals surface area contributed by atoms with Crippen molar-refractivity contribution >= 4 is 0 Å². The number of aromatic amines is 1. The van der Waals surface area contributed by atoms with Crippen LogP contribution in [0.15, 0.2) is 27.5 Å². The van der Waals surface area contributed by atoms with E-state index in [4.69, 9.17) is 9.26 Å². The largest absolute Gasteiger partial charge is 0.496 e. The summed E-state index contributed by atoms with van der Waals surface area (Å²) in [6, 6.07) is 6.27. The number of H-pyrrole nitrogens is 1. The lowest BCUT2D eigenvalue weighted by Crippen LogP contribution is -2.36. The third-order valence-corrected chi connectivity index (χ3v) is 5.14. The summed E-state index contributed by atoms with van der Waals surface area (Å²) in [4.78, 5) is 13.9. The van der Waals surface area contributed by atoms with Crippen LogP contribution in [0.3, 0.4) is 0 Å². The third kappa shape index (κ3) is 3.40. The standard InChI is InChI=1S/C19H23N5O3/c1-12-16(13(2)27-22-12)9-15-8-14(4-5-17(15)26-3)10-23-6-7-24-18(11-23)20-21-19(24)25/h4-5,8H,6-7,9-11H2,1-3H3,(H,21,25). The number of rotatable bonds is 5. The molecular formula is C19H23N5O3. The van der Waals surface area contributed by atoms with Crippen LogP contribution in [0.5, 0.6) is 5.75 Å². The zero-order chi connectivity index (χ0) is 19.0. The van der Waals surface area contributed by atoms with Crippen LogP contribution in [0.25, 0.3) is 0 Å². The summed E-state index contributed by atoms with van der Waals surface area (Å²) in [7, 11) is 1.69. The topological polar surface area (TPSA) is 89.2 Å². The molecule has 1 aliphatic rings. The summed E-state index contributed by atoms with van der Waals surface area (Å²) in [6.45, 7) is 6.82. The molecule has 8 nitrogen and oxygen atoms in total. The third-order valence-electron chi connectivity index (χ3n) is 5.14. The van der Waals surface area contributed by atoms with Gasteiger partial charge in [0.05, 0.1) is 19.3 Å². The van der Waals surface area contributed by atoms with Crippen molar-refractivity contribution in [3.8, 4) is 5.75 Å². The second kappa shape index (κ2) is 7.03. The van der Waals surface area contributed by atoms with Crippen molar-refractivity contribution < 1.29 is 9.26 Å². The summed E-state index contributed by atoms with van der Waals surface area (Å²) in [5.74, 6) is 2.49. The Morgan fingerprint density at radius 1 is 1.30 bits per heavy atom. The van der Waals surface area contributed by atoms with E-state index >= 15 is 0 Å². The second-order valence-corrected chi connectivity index (χ2v) is 6.93. The van der Waals surface area contributed by atoms with E-state index in [-0.39, 0.29) is 5.69 Å². The molecular weight excluding hydrogens is 346 g/mol. The zero-order valence-electron chi connectivity index (χ0n) is 15.8. The fraction of sp³-hybridized carbons (Fsp3) is 0.421. The molecule has 1 aromatic carbocycles. The summed E-state index contributed by atoms with van der Waals surface area (Å²) in [5, 5.41) is 10.7. The van der Waals surface area contributed by atoms with Crippen molar-refractivity contribution in [1.29, 1.82) is 0 Å². The van der Waals surface area contributed by atoms with Gasteiger partial charge in [0.15, 0.2) is 0 Å². The average Bonchev–Trinajstić information content (AvgIpc) is 3.19. The van der Waals surface area contributed by atoms with Crippen LogP contribution in [0.2, 0.25) is 0 Å². The Balaban J connectivity index is 1.55. The fourth-order valence-corrected chi connectivity index (χ4v) is 3.63. The monoisotopic (exact) mass is 369 g/mol. The molecule has 142 valence electrons. The summed E-state index contributed by atoms with van der Waals surface area (Å²) in [6.07, 6.45) is 0.719. The van der Waals surface area contributed by atoms with Crippen LogP contribution in [0.1, 0.15) is 34.0 Å². The highest BCUT2D eigenvalue weighted by Gasteiger charge is 2.20. The Labute approximate surface area is 156 Å². The molecule has 0 aliphatic carbocycles. The van der Waals surface area contributed by atoms with E-state index in [2.05, 4.69) is 32.4 Å². The smallest absolute Gasteiger partial charge is 0.343 e. The molecule has 0 saturated heterocycles. The molecule has 2 aromatic heterocycles. The first-order valence-corrected chi connectivity index (χ1v) is 8.99. The number of aromatic nitrogens is 4. The molecule has 27 heavy (non-hydrogen) atoms. The Morgan fingerprint density at radius 3 is 2.89 bits per heavy atom. The van der Waals surface area contributed by atoms with Gasteiger partial charge >= 0.3 is 5.69 Å². The second-order valence-electron chi connectivity index (χ2n) is 6.93. The first-order valence-electron chi connectivity index (χ1n) is 8.99. The number of hydrogen-bond donors (Lipinski definition) is 1. The lowest BCUT2D eigenvalue weighted by molar-refractivity contribution is 0.207. The number of hydrogen-bond acceptors (Lipinski definition) is 6. The highest BCUT2D eigenvalue weighted by molar-refractivity contribution is 5.41. The summed E-state index contributed by atoms with van der Waals surface area (Å²) in [5.41, 5.74) is 4.19. The van der Waals surface area contributed by atoms with Crippen molar-refractivity contribution in [3.63, 3.8) is 0 Å². The van der Waals surface area contributed by atoms with E-state index in [9.17, 15) is 4.79 Å². The van der Waals surface area contributed by atoms with Crippen molar-refractivity contribution in [1.82, 2.24) is 24.8 Å². The molecule has 3 aromatic rings. The molecule has 0 bridgehead atoms. The van der Waals surface area contributed by atoms with Crippen LogP contribution in [0, 0.1) is 13.8 Å². The van der Waals surface area contributed by atoms with Gasteiger partial charge < -0.3 is 9.26 Å². The first kappa shape index (κ1) is 17.5. The van der Waals surface area contributed by atoms with Crippen molar-refractivity contribution in [3.05, 3.63) is 62.7 Å². The van der Waals surface area contributed by atoms with E-state index in [1.165, 1.54) is 5.56 Å². The highest BCUT2D eigenvalue weighted by Crippen LogP contribution is 2.26. The maximum atomic E-state index is 11.7. The number of aryl methyl sites for hydroxylation is 2. The molecule has 0 spiro atoms. The molecule has 0 amide bonds. The Bertz CT molecular complexity index is 997. The Kier molecular flexibility index (Phi) is 4.57. The Morgan fingerprint density at radius 2 is 2.15 bits per heavy atom. The van der Waals surface area contributed by atoms with E-state index < -0.39 is 0 Å². The molecule has 1 N–H and O–H groups in total. The van der Waals surface area contributed by atoms with Crippen LogP contribution in [0.4, 0.5) is 0 Å². The molecule has 0 radical (unpaired) electrons. The minimum absolute atomic E-state index is 0.129. The predicted octanol–water partition coefficient (Wildman–Crippen LogP) is 1.79. The number of methoxy groups -OCH3 is 1. The molecule has 0 saturated carbocycles. The molecule has 4 rings (SSSR count). The lowest BCUT2D eigenvalue weighted by Gasteiger charge is -2.26. The van der Waals surface area contributed by atoms with Gasteiger partial charge in [0.2, 0.25) is 0 Å². The van der Waals surface area contributed by atoms with Crippen LogP contribution in [-0.2, 0) is 26.1 Å². The van der Waals surface area contributed by atoms with Gasteiger partial charge in [-0.1, -0.05) is 17.3 Å². The highest BCUT2D eigenvalue weighted by atomic mass is 16.5. The molecule has 0 fully saturated rings. The molecule has 0 unspecified atom stereocenters. The normalized spacial score (nSPS) is 14.3. The number of ether oxygens (including phenoxy) is 1. The van der Waals surface area contributed by atoms with Crippen LogP contribution in [-0.4, -0.2) is 38.5 Å². The van der Waals surface area contributed by atoms with Crippen LogP contribution < -0.4 is 10.4 Å². The van der Waals surface area contributed by atoms with E-state index in [0.717, 1.165) is 53.7 Å². The van der Waals surface area contributed by atoms with Crippen molar-refractivity contribution in [2.45, 2.75) is 39.9 Å². The number of nitrogens with one attached hydrogen (secondary N) is 1. The number of benzene rings is 1. The zero-order valence-corrected chi connectivity index (χ0v) is 15.8. The van der Waals surface area contributed by atoms with Gasteiger partial charge in [0.1, 0.15) is 17.3 Å². The predicted molar refractivity (Wildman–Crippen MR) is 98.7 cm³/mol. The molecule has 1 aliphatic heterocycles. The fourth-order valence-electron chi connectivity index (χ4n) is 3.63. The lowest BCUT2D eigenvalue weighted by atomic mass is 10.0. The summed E-state index contributed by atoms with van der Waals surface area (Å²) < 4.78 is 12.5. The maximum absolute atomic E-state index is 11.7. The quantitative estimate of drug-likeness (QED) is 0.738. The Hall–Kier alpha value is -2.87. The van der Waals surface area contributed by atoms with Crippen molar-refractivity contribution in [2.75, 3.05) is 13.7 Å². The average molecular weight is 369 g/mol. The van der Waals surface area contributed by atoms with Gasteiger partial charge in [-0.3, -0.25) is 9.47 Å². The van der Waals surface area contributed by atoms with Gasteiger partial charge in [-0.25, -0.2) is 9.89 Å². The number of nitrogens with zero attached hydrogens (tertiary/aromatic N) is 4. The first-order chi connectivity index (χ1) is 13.0. The SMILES string of the molecule is COc1ccc(CN2CCn3c(n[nH]c3=O)C2)cc1Cc1c(C)noc1C. The molecule has 8 heteroatoms. The van der Waals surface area contributed by atoms with Gasteiger partial charge in [-0.2, -0.15) is 5.10 Å². The van der Waals surface area contributed by atoms with E-state index in [1.807, 2.05) is 19.9 Å². The molecule has 3 heterocycles. The van der Waals surface area contributed by atoms with Crippen molar-refractivity contribution in [2.24, 2.45) is 0 Å². The van der Waals surface area contributed by atoms with Gasteiger partial charge in [-0.05, 0) is 31.0 Å². The van der Waals surface area contributed by atoms with Gasteiger partial charge in [-0.15, -0.1) is 0 Å². The summed E-state index contributed by atoms with van der Waals surface area (Å²) >= 11 is 0. The van der Waals surface area contributed by atoms with Gasteiger partial charge in [0, 0.05) is 31.6 Å². The van der Waals surface area contributed by atoms with E-state index in [1.54, 1.807) is 11.7 Å². The maximum Gasteiger partial charge on any atom is 0.343 e. The molecule has 0 atom stereocenters. The number of fused-ring (bicyclic) bond motifs is 1. The van der Waals surface area contributed by atoms with Crippen LogP contribution >= 0.6 is 0 Å².